The number of hydrogen-bond donors (Lipinski definition) is 0. The highest BCUT2D eigenvalue weighted by atomic mass is 16.7. The van der Waals surface area contributed by atoms with Crippen molar-refractivity contribution in [3.8, 4) is 0 Å². The van der Waals surface area contributed by atoms with Crippen molar-refractivity contribution in [1.29, 1.82) is 0 Å². The zero-order valence-corrected chi connectivity index (χ0v) is 16.1. The van der Waals surface area contributed by atoms with Crippen LogP contribution < -0.4 is 0 Å². The average molecular weight is 378 g/mol. The van der Waals surface area contributed by atoms with Gasteiger partial charge in [-0.05, 0) is 43.3 Å². The summed E-state index contributed by atoms with van der Waals surface area (Å²) >= 11 is 0. The number of hydrogen-bond acceptors (Lipinski definition) is 6. The Bertz CT molecular complexity index is 746. The van der Waals surface area contributed by atoms with Crippen molar-refractivity contribution < 1.29 is 9.47 Å². The lowest BCUT2D eigenvalue weighted by molar-refractivity contribution is -0.141. The summed E-state index contributed by atoms with van der Waals surface area (Å²) in [5.41, 5.74) is 2.95. The normalized spacial score (nSPS) is 12.2. The molecule has 0 amide bonds. The molecule has 3 heterocycles. The van der Waals surface area contributed by atoms with Gasteiger partial charge >= 0.3 is 0 Å². The fourth-order valence-electron chi connectivity index (χ4n) is 2.74. The Hall–Kier alpha value is -2.67. The van der Waals surface area contributed by atoms with E-state index in [0.29, 0.717) is 13.2 Å². The zero-order valence-electron chi connectivity index (χ0n) is 16.1. The van der Waals surface area contributed by atoms with Gasteiger partial charge < -0.3 is 9.47 Å². The Morgan fingerprint density at radius 1 is 0.750 bits per heavy atom. The Morgan fingerprint density at radius 2 is 1.29 bits per heavy atom. The van der Waals surface area contributed by atoms with Crippen LogP contribution in [0.5, 0.6) is 0 Å². The third-order valence-electron chi connectivity index (χ3n) is 4.18. The van der Waals surface area contributed by atoms with E-state index in [9.17, 15) is 0 Å². The van der Waals surface area contributed by atoms with E-state index in [4.69, 9.17) is 9.47 Å². The van der Waals surface area contributed by atoms with Crippen molar-refractivity contribution >= 4 is 0 Å². The van der Waals surface area contributed by atoms with Gasteiger partial charge in [-0.2, -0.15) is 0 Å². The van der Waals surface area contributed by atoms with Crippen molar-refractivity contribution in [2.75, 3.05) is 13.2 Å². The second-order valence-electron chi connectivity index (χ2n) is 6.42. The summed E-state index contributed by atoms with van der Waals surface area (Å²) in [7, 11) is 0. The third-order valence-corrected chi connectivity index (χ3v) is 4.18. The van der Waals surface area contributed by atoms with Crippen LogP contribution in [0.2, 0.25) is 0 Å². The highest BCUT2D eigenvalue weighted by molar-refractivity contribution is 5.06. The van der Waals surface area contributed by atoms with E-state index in [-0.39, 0.29) is 6.29 Å². The van der Waals surface area contributed by atoms with Gasteiger partial charge in [-0.15, -0.1) is 0 Å². The van der Waals surface area contributed by atoms with Crippen LogP contribution in [0.3, 0.4) is 0 Å². The van der Waals surface area contributed by atoms with Crippen LogP contribution in [0.15, 0.2) is 73.2 Å². The molecule has 0 N–H and O–H groups in total. The maximum Gasteiger partial charge on any atom is 0.155 e. The molecule has 3 aromatic heterocycles. The van der Waals surface area contributed by atoms with E-state index in [1.54, 1.807) is 6.20 Å². The number of nitrogens with zero attached hydrogens (tertiary/aromatic N) is 4. The smallest absolute Gasteiger partial charge is 0.155 e. The zero-order chi connectivity index (χ0) is 19.4. The molecule has 6 heteroatoms. The van der Waals surface area contributed by atoms with Crippen molar-refractivity contribution in [3.05, 3.63) is 90.3 Å². The predicted octanol–water partition coefficient (Wildman–Crippen LogP) is 3.45. The standard InChI is InChI=1S/C22H26N4O2/c1-19(28-18-22-10-4-7-13-25-22)27-15-14-26(16-20-8-2-5-11-23-20)17-21-9-3-6-12-24-21/h2-13,19H,14-18H2,1H3. The van der Waals surface area contributed by atoms with Gasteiger partial charge in [0, 0.05) is 38.2 Å². The molecule has 0 aliphatic carbocycles. The van der Waals surface area contributed by atoms with Crippen LogP contribution >= 0.6 is 0 Å². The van der Waals surface area contributed by atoms with Crippen LogP contribution in [-0.2, 0) is 29.2 Å². The molecule has 1 atom stereocenters. The minimum absolute atomic E-state index is 0.298. The molecule has 28 heavy (non-hydrogen) atoms. The largest absolute Gasteiger partial charge is 0.352 e. The van der Waals surface area contributed by atoms with E-state index < -0.39 is 0 Å². The Balaban J connectivity index is 1.47. The molecule has 0 bridgehead atoms. The van der Waals surface area contributed by atoms with Gasteiger partial charge in [0.05, 0.1) is 30.3 Å². The lowest BCUT2D eigenvalue weighted by atomic mass is 10.3. The van der Waals surface area contributed by atoms with Gasteiger partial charge in [-0.3, -0.25) is 19.9 Å². The van der Waals surface area contributed by atoms with Gasteiger partial charge in [0.2, 0.25) is 0 Å². The molecule has 0 fully saturated rings. The van der Waals surface area contributed by atoms with Gasteiger partial charge in [0.15, 0.2) is 6.29 Å². The van der Waals surface area contributed by atoms with Crippen LogP contribution in [-0.4, -0.2) is 39.3 Å². The minimum Gasteiger partial charge on any atom is -0.352 e. The summed E-state index contributed by atoms with van der Waals surface area (Å²) in [6.45, 7) is 5.14. The predicted molar refractivity (Wildman–Crippen MR) is 107 cm³/mol. The fourth-order valence-corrected chi connectivity index (χ4v) is 2.74. The van der Waals surface area contributed by atoms with E-state index in [1.807, 2.05) is 73.9 Å². The Morgan fingerprint density at radius 3 is 1.79 bits per heavy atom. The SMILES string of the molecule is CC(OCCN(Cc1ccccn1)Cc1ccccn1)OCc1ccccn1. The van der Waals surface area contributed by atoms with E-state index in [2.05, 4.69) is 19.9 Å². The highest BCUT2D eigenvalue weighted by Crippen LogP contribution is 2.08. The first-order valence-corrected chi connectivity index (χ1v) is 9.45. The van der Waals surface area contributed by atoms with E-state index in [0.717, 1.165) is 36.7 Å². The second-order valence-corrected chi connectivity index (χ2v) is 6.42. The number of pyridine rings is 3. The molecular formula is C22H26N4O2. The quantitative estimate of drug-likeness (QED) is 0.476. The molecule has 0 spiro atoms. The molecule has 0 saturated heterocycles. The van der Waals surface area contributed by atoms with Crippen molar-refractivity contribution in [2.24, 2.45) is 0 Å². The molecule has 1 unspecified atom stereocenters. The molecule has 3 rings (SSSR count). The summed E-state index contributed by atoms with van der Waals surface area (Å²) in [4.78, 5) is 15.4. The molecule has 0 radical (unpaired) electrons. The molecule has 146 valence electrons. The number of aromatic nitrogens is 3. The van der Waals surface area contributed by atoms with Gasteiger partial charge in [0.25, 0.3) is 0 Å². The van der Waals surface area contributed by atoms with E-state index in [1.165, 1.54) is 0 Å². The summed E-state index contributed by atoms with van der Waals surface area (Å²) in [6.07, 6.45) is 5.10. The Kier molecular flexibility index (Phi) is 8.06. The fraction of sp³-hybridized carbons (Fsp3) is 0.318. The van der Waals surface area contributed by atoms with Crippen LogP contribution in [0.1, 0.15) is 24.0 Å². The molecule has 0 aliphatic heterocycles. The molecular weight excluding hydrogens is 352 g/mol. The van der Waals surface area contributed by atoms with Crippen molar-refractivity contribution in [3.63, 3.8) is 0 Å². The first-order chi connectivity index (χ1) is 13.8. The lowest BCUT2D eigenvalue weighted by Gasteiger charge is -2.23. The van der Waals surface area contributed by atoms with Gasteiger partial charge in [0.1, 0.15) is 0 Å². The molecule has 6 nitrogen and oxygen atoms in total. The monoisotopic (exact) mass is 378 g/mol. The highest BCUT2D eigenvalue weighted by Gasteiger charge is 2.10. The summed E-state index contributed by atoms with van der Waals surface area (Å²) < 4.78 is 11.6. The average Bonchev–Trinajstić information content (AvgIpc) is 2.74. The molecule has 0 aliphatic rings. The first-order valence-electron chi connectivity index (χ1n) is 9.45. The second kappa shape index (κ2) is 11.2. The van der Waals surface area contributed by atoms with Gasteiger partial charge in [-0.25, -0.2) is 0 Å². The maximum atomic E-state index is 5.84. The molecule has 0 aromatic carbocycles. The first kappa shape index (κ1) is 20.1. The summed E-state index contributed by atoms with van der Waals surface area (Å²) in [6, 6.07) is 17.7. The minimum atomic E-state index is -0.298. The van der Waals surface area contributed by atoms with Crippen LogP contribution in [0.4, 0.5) is 0 Å². The van der Waals surface area contributed by atoms with Crippen molar-refractivity contribution in [2.45, 2.75) is 32.9 Å². The summed E-state index contributed by atoms with van der Waals surface area (Å²) in [5, 5.41) is 0. The van der Waals surface area contributed by atoms with Crippen LogP contribution in [0.25, 0.3) is 0 Å². The summed E-state index contributed by atoms with van der Waals surface area (Å²) in [5.74, 6) is 0. The lowest BCUT2D eigenvalue weighted by Crippen LogP contribution is -2.29. The third kappa shape index (κ3) is 7.15. The molecule has 3 aromatic rings. The van der Waals surface area contributed by atoms with Crippen LogP contribution in [0, 0.1) is 0 Å². The topological polar surface area (TPSA) is 60.4 Å². The van der Waals surface area contributed by atoms with Crippen molar-refractivity contribution in [1.82, 2.24) is 19.9 Å². The number of ether oxygens (including phenoxy) is 2. The number of rotatable bonds is 11. The Labute approximate surface area is 166 Å². The van der Waals surface area contributed by atoms with E-state index >= 15 is 0 Å². The van der Waals surface area contributed by atoms with Gasteiger partial charge in [-0.1, -0.05) is 18.2 Å². The maximum absolute atomic E-state index is 5.84. The molecule has 0 saturated carbocycles.